The summed E-state index contributed by atoms with van der Waals surface area (Å²) in [4.78, 5) is 122. The van der Waals surface area contributed by atoms with E-state index in [2.05, 4.69) is 51.4 Å². The Morgan fingerprint density at radius 2 is 0.836 bits per heavy atom. The van der Waals surface area contributed by atoms with Gasteiger partial charge in [-0.1, -0.05) is 195 Å². The van der Waals surface area contributed by atoms with E-state index in [0.29, 0.717) is 99.6 Å². The molecule has 45 heteroatoms. The first-order chi connectivity index (χ1) is 66.5. The zero-order valence-electron chi connectivity index (χ0n) is 77.1. The van der Waals surface area contributed by atoms with Gasteiger partial charge in [0.1, 0.15) is 35.6 Å². The van der Waals surface area contributed by atoms with E-state index in [9.17, 15) is 95.0 Å². The molecule has 6 heterocycles. The number of H-pyrrole nitrogens is 1. The number of halogens is 6. The predicted octanol–water partition coefficient (Wildman–Crippen LogP) is 13.3. The van der Waals surface area contributed by atoms with Gasteiger partial charge in [-0.15, -0.1) is 40.2 Å². The standard InChI is InChI=1S/C37H38F2N6O9.C37H48F2N5O10P.C21H27F2N5O2.Hg/c38-37(39,27-8-4-3-5-9-27)32(46)21-15-28-16-22-34(47)43(28)23-7-2-1-6-10-33-40-42-44(41-33)25-52-35(48)24-26-11-17-30(18-12-26)53-36(49)54-31-19-13-29(14-20-31)45(50)51;1-36(49,55(50,51)52)23-9-8-14-34(47)54-30-19-15-27(16-20-30)25-35(48)53-26-44-41-32(40-42-44)13-7-2-3-10-24-43-29(18-22-33(43)46)17-21-31(45)37(38,39)28-11-5-4-6-12-28;22-21(23,16-8-4-3-5-9-16)18(29)13-11-17-12-14-20(30)28(17)15-7-2-1-6-10-19-24-26-27-25-19;/h3-5,8-9,11-15,17-21,28,32,46H,1-2,6-7,10,16,22-25H2;4-6,11-12,15-17,19-21,29,31,45,49H,2-3,7-10,13-14,18,22-26H2,1H3,(H2,50,51,52);3-5,8-9,11,13,17-18,29H,1-2,6-7,10,12,14-15H2,(H,24,25,26,27);/q;;;+2/b21-15+;21-17+;13-11+;/t28-,32+;29-,31+,36?;17-,18+;/m000./s1. The number of amides is 3. The Morgan fingerprint density at radius 3 is 1.19 bits per heavy atom. The van der Waals surface area contributed by atoms with Crippen LogP contribution in [0, 0.1) is 10.1 Å². The maximum Gasteiger partial charge on any atom is 2.00 e. The molecular weight excluding hydrogens is 2050 g/mol. The summed E-state index contributed by atoms with van der Waals surface area (Å²) in [6, 6.07) is 37.8. The third kappa shape index (κ3) is 35.5. The van der Waals surface area contributed by atoms with Crippen molar-refractivity contribution in [2.75, 3.05) is 19.6 Å². The zero-order valence-corrected chi connectivity index (χ0v) is 83.5. The number of benzene rings is 6. The molecule has 1 unspecified atom stereocenters. The number of aromatic nitrogens is 12. The predicted molar refractivity (Wildman–Crippen MR) is 486 cm³/mol. The summed E-state index contributed by atoms with van der Waals surface area (Å²) in [5, 5.41) is 86.9. The molecule has 3 fully saturated rings. The summed E-state index contributed by atoms with van der Waals surface area (Å²) in [5.41, 5.74) is 0.261. The Hall–Kier alpha value is -12.3. The summed E-state index contributed by atoms with van der Waals surface area (Å²) in [7, 11) is -4.67. The number of nitro benzene ring substituents is 1. The number of hydrogen-bond donors (Lipinski definition) is 7. The van der Waals surface area contributed by atoms with E-state index in [4.69, 9.17) is 33.5 Å². The second-order valence-electron chi connectivity index (χ2n) is 33.6. The number of nitro groups is 1. The third-order valence-electron chi connectivity index (χ3n) is 23.1. The van der Waals surface area contributed by atoms with Crippen LogP contribution in [0.3, 0.4) is 0 Å². The van der Waals surface area contributed by atoms with Crippen LogP contribution in [-0.2, 0) is 134 Å². The molecule has 3 aromatic heterocycles. The molecule has 37 nitrogen and oxygen atoms in total. The zero-order chi connectivity index (χ0) is 100.0. The molecule has 7 N–H and O–H groups in total. The molecule has 3 aliphatic heterocycles. The number of non-ortho nitro benzene ring substituents is 1. The number of carbonyl (C=O) groups excluding carboxylic acids is 7. The number of tetrazole rings is 3. The van der Waals surface area contributed by atoms with Gasteiger partial charge in [0, 0.05) is 93.4 Å². The Labute approximate surface area is 822 Å². The first-order valence-corrected chi connectivity index (χ1v) is 47.3. The van der Waals surface area contributed by atoms with Crippen LogP contribution in [0.15, 0.2) is 200 Å². The van der Waals surface area contributed by atoms with E-state index < -0.39 is 78.0 Å². The van der Waals surface area contributed by atoms with Crippen LogP contribution in [0.25, 0.3) is 0 Å². The molecule has 9 aromatic rings. The van der Waals surface area contributed by atoms with Crippen molar-refractivity contribution >= 4 is 55.1 Å². The van der Waals surface area contributed by atoms with Crippen LogP contribution < -0.4 is 14.2 Å². The van der Waals surface area contributed by atoms with Gasteiger partial charge in [-0.2, -0.15) is 31.6 Å². The third-order valence-corrected chi connectivity index (χ3v) is 24.6. The van der Waals surface area contributed by atoms with Gasteiger partial charge in [0.25, 0.3) is 5.69 Å². The average Bonchev–Trinajstić information content (AvgIpc) is 1.18. The smallest absolute Gasteiger partial charge is 0.440 e. The normalized spacial score (nSPS) is 16.3. The molecule has 0 saturated carbocycles. The van der Waals surface area contributed by atoms with E-state index in [1.165, 1.54) is 143 Å². The number of alkyl halides is 6. The van der Waals surface area contributed by atoms with Crippen molar-refractivity contribution in [1.29, 1.82) is 0 Å². The first-order valence-electron chi connectivity index (χ1n) is 45.7. The molecule has 3 amide bonds. The second-order valence-corrected chi connectivity index (χ2v) is 35.6. The minimum atomic E-state index is -4.67. The monoisotopic (exact) mass is 2160 g/mol. The molecule has 7 atom stereocenters. The number of carbonyl (C=O) groups is 7. The molecule has 0 radical (unpaired) electrons. The molecule has 140 heavy (non-hydrogen) atoms. The van der Waals surface area contributed by atoms with E-state index in [1.54, 1.807) is 63.2 Å². The van der Waals surface area contributed by atoms with Crippen molar-refractivity contribution < 1.29 is 151 Å². The summed E-state index contributed by atoms with van der Waals surface area (Å²) in [6.45, 7) is 2.14. The van der Waals surface area contributed by atoms with E-state index in [0.717, 1.165) is 109 Å². The number of aromatic amines is 1. The van der Waals surface area contributed by atoms with Crippen LogP contribution in [0.1, 0.15) is 193 Å². The molecule has 6 aromatic carbocycles. The molecule has 3 saturated heterocycles. The van der Waals surface area contributed by atoms with Gasteiger partial charge in [0.15, 0.2) is 22.8 Å². The topological polar surface area (TPSA) is 499 Å². The van der Waals surface area contributed by atoms with E-state index in [1.807, 2.05) is 0 Å². The van der Waals surface area contributed by atoms with Crippen molar-refractivity contribution in [1.82, 2.24) is 75.7 Å². The molecule has 0 bridgehead atoms. The van der Waals surface area contributed by atoms with E-state index >= 15 is 0 Å². The van der Waals surface area contributed by atoms with Crippen molar-refractivity contribution in [2.24, 2.45) is 0 Å². The van der Waals surface area contributed by atoms with Crippen molar-refractivity contribution in [3.05, 3.63) is 256 Å². The van der Waals surface area contributed by atoms with Crippen LogP contribution in [0.5, 0.6) is 17.2 Å². The molecule has 0 spiro atoms. The van der Waals surface area contributed by atoms with Gasteiger partial charge in [0.05, 0.1) is 35.9 Å². The summed E-state index contributed by atoms with van der Waals surface area (Å²) in [6.07, 6.45) is 15.5. The van der Waals surface area contributed by atoms with Crippen molar-refractivity contribution in [2.45, 2.75) is 253 Å². The van der Waals surface area contributed by atoms with Crippen LogP contribution in [0.2, 0.25) is 0 Å². The quantitative estimate of drug-likeness (QED) is 0.00178. The fraction of sp³-hybridized carbons (Fsp3) is 0.453. The fourth-order valence-corrected chi connectivity index (χ4v) is 15.6. The Morgan fingerprint density at radius 1 is 0.486 bits per heavy atom. The van der Waals surface area contributed by atoms with Crippen molar-refractivity contribution in [3.63, 3.8) is 0 Å². The minimum Gasteiger partial charge on any atom is -0.440 e. The first kappa shape index (κ1) is 111. The fourth-order valence-electron chi connectivity index (χ4n) is 15.2. The van der Waals surface area contributed by atoms with Crippen LogP contribution >= 0.6 is 7.60 Å². The number of nitrogens with one attached hydrogen (secondary N) is 1. The van der Waals surface area contributed by atoms with E-state index in [-0.39, 0.29) is 155 Å². The largest absolute Gasteiger partial charge is 2.00 e. The number of aryl methyl sites for hydroxylation is 3. The number of hydrogen-bond acceptors (Lipinski definition) is 28. The number of aliphatic hydroxyl groups excluding tert-OH is 3. The number of aliphatic hydroxyl groups is 4. The van der Waals surface area contributed by atoms with Gasteiger partial charge in [-0.3, -0.25) is 43.4 Å². The maximum absolute atomic E-state index is 14.6. The molecule has 746 valence electrons. The van der Waals surface area contributed by atoms with Gasteiger partial charge in [-0.25, -0.2) is 4.79 Å². The molecule has 3 aliphatic rings. The van der Waals surface area contributed by atoms with Crippen molar-refractivity contribution in [3.8, 4) is 17.2 Å². The molecule has 0 aliphatic carbocycles. The minimum absolute atomic E-state index is 0. The number of rotatable bonds is 51. The Bertz CT molecular complexity index is 5550. The van der Waals surface area contributed by atoms with Gasteiger partial charge < -0.3 is 68.6 Å². The number of unbranched alkanes of at least 4 members (excludes halogenated alkanes) is 10. The summed E-state index contributed by atoms with van der Waals surface area (Å²) < 4.78 is 125. The summed E-state index contributed by atoms with van der Waals surface area (Å²) in [5.74, 6) is -9.82. The average molecular weight is 2160 g/mol. The van der Waals surface area contributed by atoms with Gasteiger partial charge in [-0.05, 0) is 142 Å². The Kier molecular flexibility index (Phi) is 43.8. The van der Waals surface area contributed by atoms with Gasteiger partial charge >= 0.3 is 77.1 Å². The Balaban J connectivity index is 0.000000244. The number of ether oxygens (including phenoxy) is 5. The second kappa shape index (κ2) is 55.1. The van der Waals surface area contributed by atoms with Gasteiger partial charge in [0.2, 0.25) is 31.2 Å². The van der Waals surface area contributed by atoms with Crippen LogP contribution in [0.4, 0.5) is 36.8 Å². The number of esters is 3. The number of likely N-dealkylation sites (tertiary alicyclic amines) is 3. The van der Waals surface area contributed by atoms with Crippen LogP contribution in [-0.4, -0.2) is 214 Å². The molecular formula is C95H113F6HgN16O21P+2. The number of nitrogens with zero attached hydrogens (tertiary/aromatic N) is 15. The SMILES string of the molecule is CC(O)(CCCCC(=O)Oc1ccc(CC(=O)OCn2nnc(CCCCCCN3C(=O)CC[C@@H]3/C=C/[C@@H](O)C(F)(F)c3ccccc3)n2)cc1)P(=O)(O)O.O=C(Cc1ccc(OC(=O)Oc2ccc([N+](=O)[O-])cc2)cc1)OCn1nnc(CCCCCCN2C(=O)CC[C@@H]2/C=C/[C@@H](O)C(F)(F)c2ccccc2)n1.O=C1CC[C@H](/C=C/[C@@H](O)C(F)(F)c2ccccc2)N1CCCCCCc1nn[nH]n1.[Hg+2]. The summed E-state index contributed by atoms with van der Waals surface area (Å²) >= 11 is 0. The molecule has 12 rings (SSSR count). The maximum atomic E-state index is 14.6.